The zero-order chi connectivity index (χ0) is 14.6. The van der Waals surface area contributed by atoms with Crippen molar-refractivity contribution in [3.8, 4) is 0 Å². The van der Waals surface area contributed by atoms with Crippen LogP contribution >= 0.6 is 0 Å². The van der Waals surface area contributed by atoms with Gasteiger partial charge in [-0.2, -0.15) is 13.2 Å². The van der Waals surface area contributed by atoms with E-state index in [1.807, 2.05) is 7.05 Å². The van der Waals surface area contributed by atoms with E-state index in [4.69, 9.17) is 4.74 Å². The first-order chi connectivity index (χ1) is 9.50. The van der Waals surface area contributed by atoms with E-state index in [9.17, 15) is 13.2 Å². The molecule has 1 N–H and O–H groups in total. The van der Waals surface area contributed by atoms with Gasteiger partial charge in [0.2, 0.25) is 0 Å². The standard InChI is InChI=1S/C15H26F3NO/c1-19-14(10-11-6-8-20-9-7-11)12-2-4-13(5-3-12)15(16,17)18/h11-14,19H,2-10H2,1H3. The Morgan fingerprint density at radius 1 is 1.05 bits per heavy atom. The number of hydrogen-bond donors (Lipinski definition) is 1. The molecule has 1 atom stereocenters. The van der Waals surface area contributed by atoms with Crippen molar-refractivity contribution in [2.24, 2.45) is 17.8 Å². The summed E-state index contributed by atoms with van der Waals surface area (Å²) in [6.45, 7) is 1.67. The number of alkyl halides is 3. The van der Waals surface area contributed by atoms with Crippen LogP contribution in [0, 0.1) is 17.8 Å². The lowest BCUT2D eigenvalue weighted by molar-refractivity contribution is -0.184. The molecule has 2 fully saturated rings. The van der Waals surface area contributed by atoms with Crippen LogP contribution in [0.4, 0.5) is 13.2 Å². The monoisotopic (exact) mass is 293 g/mol. The molecule has 0 bridgehead atoms. The number of rotatable bonds is 4. The minimum Gasteiger partial charge on any atom is -0.381 e. The van der Waals surface area contributed by atoms with E-state index in [-0.39, 0.29) is 0 Å². The van der Waals surface area contributed by atoms with Crippen LogP contribution in [0.15, 0.2) is 0 Å². The van der Waals surface area contributed by atoms with Gasteiger partial charge in [0.25, 0.3) is 0 Å². The summed E-state index contributed by atoms with van der Waals surface area (Å²) in [5.41, 5.74) is 0. The molecule has 1 unspecified atom stereocenters. The Kier molecular flexibility index (Phi) is 5.73. The van der Waals surface area contributed by atoms with Crippen LogP contribution in [0.2, 0.25) is 0 Å². The molecule has 2 nitrogen and oxygen atoms in total. The third kappa shape index (κ3) is 4.35. The van der Waals surface area contributed by atoms with E-state index in [0.717, 1.165) is 32.5 Å². The van der Waals surface area contributed by atoms with Crippen LogP contribution < -0.4 is 5.32 Å². The number of nitrogens with one attached hydrogen (secondary N) is 1. The van der Waals surface area contributed by atoms with Gasteiger partial charge in [-0.05, 0) is 63.8 Å². The third-order valence-electron chi connectivity index (χ3n) is 5.10. The highest BCUT2D eigenvalue weighted by molar-refractivity contribution is 4.85. The Morgan fingerprint density at radius 3 is 2.15 bits per heavy atom. The number of halogens is 3. The predicted molar refractivity (Wildman–Crippen MR) is 72.5 cm³/mol. The Balaban J connectivity index is 1.80. The minimum atomic E-state index is -4.00. The molecule has 5 heteroatoms. The van der Waals surface area contributed by atoms with Gasteiger partial charge in [-0.25, -0.2) is 0 Å². The van der Waals surface area contributed by atoms with Gasteiger partial charge in [0, 0.05) is 19.3 Å². The molecule has 2 aliphatic rings. The highest BCUT2D eigenvalue weighted by Gasteiger charge is 2.42. The molecular formula is C15H26F3NO. The largest absolute Gasteiger partial charge is 0.391 e. The summed E-state index contributed by atoms with van der Waals surface area (Å²) in [4.78, 5) is 0. The second kappa shape index (κ2) is 7.12. The fourth-order valence-electron chi connectivity index (χ4n) is 3.74. The Labute approximate surface area is 119 Å². The van der Waals surface area contributed by atoms with Crippen molar-refractivity contribution < 1.29 is 17.9 Å². The van der Waals surface area contributed by atoms with Crippen molar-refractivity contribution >= 4 is 0 Å². The van der Waals surface area contributed by atoms with Crippen LogP contribution in [0.3, 0.4) is 0 Å². The summed E-state index contributed by atoms with van der Waals surface area (Å²) < 4.78 is 43.5. The van der Waals surface area contributed by atoms with Crippen molar-refractivity contribution in [1.82, 2.24) is 5.32 Å². The molecule has 0 aromatic rings. The summed E-state index contributed by atoms with van der Waals surface area (Å²) >= 11 is 0. The first-order valence-electron chi connectivity index (χ1n) is 7.82. The van der Waals surface area contributed by atoms with Gasteiger partial charge >= 0.3 is 6.18 Å². The lowest BCUT2D eigenvalue weighted by Crippen LogP contribution is -2.40. The van der Waals surface area contributed by atoms with Crippen molar-refractivity contribution in [2.75, 3.05) is 20.3 Å². The molecule has 1 aliphatic carbocycles. The first-order valence-corrected chi connectivity index (χ1v) is 7.82. The lowest BCUT2D eigenvalue weighted by Gasteiger charge is -2.36. The van der Waals surface area contributed by atoms with Crippen molar-refractivity contribution in [3.63, 3.8) is 0 Å². The molecule has 1 aliphatic heterocycles. The van der Waals surface area contributed by atoms with Gasteiger partial charge in [-0.1, -0.05) is 0 Å². The molecule has 1 heterocycles. The molecule has 1 saturated heterocycles. The molecule has 118 valence electrons. The second-order valence-corrected chi connectivity index (χ2v) is 6.34. The van der Waals surface area contributed by atoms with Gasteiger partial charge in [0.15, 0.2) is 0 Å². The van der Waals surface area contributed by atoms with Crippen molar-refractivity contribution in [1.29, 1.82) is 0 Å². The maximum absolute atomic E-state index is 12.7. The maximum Gasteiger partial charge on any atom is 0.391 e. The molecule has 0 aromatic carbocycles. The van der Waals surface area contributed by atoms with Gasteiger partial charge < -0.3 is 10.1 Å². The summed E-state index contributed by atoms with van der Waals surface area (Å²) in [5.74, 6) is 0.00215. The van der Waals surface area contributed by atoms with E-state index < -0.39 is 12.1 Å². The molecule has 20 heavy (non-hydrogen) atoms. The Morgan fingerprint density at radius 2 is 1.65 bits per heavy atom. The topological polar surface area (TPSA) is 21.3 Å². The van der Waals surface area contributed by atoms with E-state index >= 15 is 0 Å². The zero-order valence-corrected chi connectivity index (χ0v) is 12.2. The third-order valence-corrected chi connectivity index (χ3v) is 5.10. The van der Waals surface area contributed by atoms with Gasteiger partial charge in [0.1, 0.15) is 0 Å². The molecule has 0 amide bonds. The number of ether oxygens (including phenoxy) is 1. The van der Waals surface area contributed by atoms with Crippen LogP contribution in [-0.2, 0) is 4.74 Å². The highest BCUT2D eigenvalue weighted by atomic mass is 19.4. The average molecular weight is 293 g/mol. The van der Waals surface area contributed by atoms with Crippen molar-refractivity contribution in [3.05, 3.63) is 0 Å². The van der Waals surface area contributed by atoms with Crippen LogP contribution in [-0.4, -0.2) is 32.5 Å². The Bertz CT molecular complexity index is 281. The van der Waals surface area contributed by atoms with Gasteiger partial charge in [-0.3, -0.25) is 0 Å². The SMILES string of the molecule is CNC(CC1CCOCC1)C1CCC(C(F)(F)F)CC1. The number of hydrogen-bond acceptors (Lipinski definition) is 2. The fourth-order valence-corrected chi connectivity index (χ4v) is 3.74. The fraction of sp³-hybridized carbons (Fsp3) is 1.00. The Hall–Kier alpha value is -0.290. The molecule has 0 spiro atoms. The molecule has 0 radical (unpaired) electrons. The quantitative estimate of drug-likeness (QED) is 0.852. The van der Waals surface area contributed by atoms with Gasteiger partial charge in [-0.15, -0.1) is 0 Å². The smallest absolute Gasteiger partial charge is 0.381 e. The van der Waals surface area contributed by atoms with Crippen LogP contribution in [0.1, 0.15) is 44.9 Å². The molecule has 0 aromatic heterocycles. The maximum atomic E-state index is 12.7. The normalized spacial score (nSPS) is 31.2. The highest BCUT2D eigenvalue weighted by Crippen LogP contribution is 2.41. The van der Waals surface area contributed by atoms with Crippen molar-refractivity contribution in [2.45, 2.75) is 57.2 Å². The second-order valence-electron chi connectivity index (χ2n) is 6.34. The zero-order valence-electron chi connectivity index (χ0n) is 12.2. The predicted octanol–water partition coefficient (Wildman–Crippen LogP) is 3.76. The van der Waals surface area contributed by atoms with Crippen LogP contribution in [0.25, 0.3) is 0 Å². The van der Waals surface area contributed by atoms with E-state index in [1.54, 1.807) is 0 Å². The molecular weight excluding hydrogens is 267 g/mol. The summed E-state index contributed by atoms with van der Waals surface area (Å²) in [5, 5.41) is 3.35. The molecule has 2 rings (SSSR count). The van der Waals surface area contributed by atoms with E-state index in [1.165, 1.54) is 0 Å². The summed E-state index contributed by atoms with van der Waals surface area (Å²) in [6.07, 6.45) is 1.30. The summed E-state index contributed by atoms with van der Waals surface area (Å²) in [6, 6.07) is 0.368. The van der Waals surface area contributed by atoms with E-state index in [0.29, 0.717) is 43.6 Å². The lowest BCUT2D eigenvalue weighted by atomic mass is 9.75. The minimum absolute atomic E-state index is 0.306. The van der Waals surface area contributed by atoms with Gasteiger partial charge in [0.05, 0.1) is 5.92 Å². The van der Waals surface area contributed by atoms with Crippen LogP contribution in [0.5, 0.6) is 0 Å². The first kappa shape index (κ1) is 16.1. The van der Waals surface area contributed by atoms with E-state index in [2.05, 4.69) is 5.32 Å². The average Bonchev–Trinajstić information content (AvgIpc) is 2.45. The summed E-state index contributed by atoms with van der Waals surface area (Å²) in [7, 11) is 1.94. The molecule has 1 saturated carbocycles.